The Balaban J connectivity index is 1.50. The van der Waals surface area contributed by atoms with Crippen molar-refractivity contribution in [3.63, 3.8) is 0 Å². The molecule has 1 aromatic heterocycles. The van der Waals surface area contributed by atoms with E-state index in [9.17, 15) is 9.18 Å². The monoisotopic (exact) mass is 440 g/mol. The SMILES string of the molecule is COc1cc2nccc(Oc3ccc(NC(=O)NN4CCCCC4)c(F)c3)c2cc1OC. The Morgan fingerprint density at radius 2 is 1.75 bits per heavy atom. The van der Waals surface area contributed by atoms with E-state index in [4.69, 9.17) is 14.2 Å². The van der Waals surface area contributed by atoms with Gasteiger partial charge in [-0.2, -0.15) is 0 Å². The molecule has 32 heavy (non-hydrogen) atoms. The van der Waals surface area contributed by atoms with Crippen molar-refractivity contribution >= 4 is 22.6 Å². The molecule has 1 aliphatic rings. The zero-order valence-electron chi connectivity index (χ0n) is 18.0. The minimum absolute atomic E-state index is 0.0675. The van der Waals surface area contributed by atoms with E-state index in [-0.39, 0.29) is 11.4 Å². The van der Waals surface area contributed by atoms with Crippen molar-refractivity contribution in [2.75, 3.05) is 32.6 Å². The van der Waals surface area contributed by atoms with Crippen molar-refractivity contribution in [1.29, 1.82) is 0 Å². The molecule has 3 aromatic rings. The normalized spacial score (nSPS) is 14.1. The minimum Gasteiger partial charge on any atom is -0.493 e. The number of urea groups is 1. The fourth-order valence-corrected chi connectivity index (χ4v) is 3.62. The standard InChI is InChI=1S/C23H25FN4O4/c1-30-21-13-16-19(14-22(21)31-2)25-9-8-20(16)32-15-6-7-18(17(24)12-15)26-23(29)27-28-10-4-3-5-11-28/h6-9,12-14H,3-5,10-11H2,1-2H3,(H2,26,27,29). The van der Waals surface area contributed by atoms with Crippen molar-refractivity contribution in [2.24, 2.45) is 0 Å². The average molecular weight is 440 g/mol. The number of hydrogen-bond donors (Lipinski definition) is 2. The van der Waals surface area contributed by atoms with Gasteiger partial charge in [-0.25, -0.2) is 14.2 Å². The van der Waals surface area contributed by atoms with Gasteiger partial charge in [-0.3, -0.25) is 10.4 Å². The van der Waals surface area contributed by atoms with Gasteiger partial charge in [0.1, 0.15) is 17.3 Å². The molecule has 8 nitrogen and oxygen atoms in total. The first kappa shape index (κ1) is 21.6. The summed E-state index contributed by atoms with van der Waals surface area (Å²) >= 11 is 0. The van der Waals surface area contributed by atoms with Crippen LogP contribution in [-0.4, -0.2) is 43.3 Å². The van der Waals surface area contributed by atoms with E-state index >= 15 is 0 Å². The zero-order valence-corrected chi connectivity index (χ0v) is 18.0. The molecule has 2 N–H and O–H groups in total. The van der Waals surface area contributed by atoms with Gasteiger partial charge in [0.2, 0.25) is 0 Å². The summed E-state index contributed by atoms with van der Waals surface area (Å²) in [6.07, 6.45) is 4.82. The average Bonchev–Trinajstić information content (AvgIpc) is 2.80. The summed E-state index contributed by atoms with van der Waals surface area (Å²) < 4.78 is 31.2. The lowest BCUT2D eigenvalue weighted by atomic mass is 10.2. The molecule has 0 spiro atoms. The lowest BCUT2D eigenvalue weighted by Gasteiger charge is -2.26. The van der Waals surface area contributed by atoms with Crippen LogP contribution >= 0.6 is 0 Å². The number of halogens is 1. The number of hydrazine groups is 1. The maximum atomic E-state index is 14.6. The van der Waals surface area contributed by atoms with Gasteiger partial charge in [0, 0.05) is 36.8 Å². The molecule has 1 fully saturated rings. The summed E-state index contributed by atoms with van der Waals surface area (Å²) in [6.45, 7) is 1.58. The molecule has 4 rings (SSSR count). The Labute approximate surface area is 185 Å². The highest BCUT2D eigenvalue weighted by Crippen LogP contribution is 2.37. The summed E-state index contributed by atoms with van der Waals surface area (Å²) in [6, 6.07) is 9.00. The van der Waals surface area contributed by atoms with Crippen LogP contribution in [0.5, 0.6) is 23.0 Å². The smallest absolute Gasteiger partial charge is 0.333 e. The Bertz CT molecular complexity index is 1120. The number of nitrogens with one attached hydrogen (secondary N) is 2. The first-order valence-corrected chi connectivity index (χ1v) is 10.4. The Morgan fingerprint density at radius 3 is 2.47 bits per heavy atom. The number of nitrogens with zero attached hydrogens (tertiary/aromatic N) is 2. The number of pyridine rings is 1. The third-order valence-electron chi connectivity index (χ3n) is 5.24. The van der Waals surface area contributed by atoms with Crippen LogP contribution in [-0.2, 0) is 0 Å². The number of methoxy groups -OCH3 is 2. The molecule has 0 bridgehead atoms. The minimum atomic E-state index is -0.603. The molecule has 1 saturated heterocycles. The van der Waals surface area contributed by atoms with Gasteiger partial charge in [-0.05, 0) is 37.1 Å². The fraction of sp³-hybridized carbons (Fsp3) is 0.304. The number of benzene rings is 2. The Hall–Kier alpha value is -3.59. The van der Waals surface area contributed by atoms with Gasteiger partial charge in [0.15, 0.2) is 11.5 Å². The van der Waals surface area contributed by atoms with Crippen molar-refractivity contribution in [1.82, 2.24) is 15.4 Å². The van der Waals surface area contributed by atoms with Crippen LogP contribution in [0, 0.1) is 5.82 Å². The van der Waals surface area contributed by atoms with Crippen LogP contribution in [0.1, 0.15) is 19.3 Å². The predicted octanol–water partition coefficient (Wildman–Crippen LogP) is 4.71. The molecule has 168 valence electrons. The highest BCUT2D eigenvalue weighted by Gasteiger charge is 2.15. The summed E-state index contributed by atoms with van der Waals surface area (Å²) in [7, 11) is 3.10. The highest BCUT2D eigenvalue weighted by molar-refractivity contribution is 5.89. The van der Waals surface area contributed by atoms with Crippen LogP contribution in [0.3, 0.4) is 0 Å². The summed E-state index contributed by atoms with van der Waals surface area (Å²) in [4.78, 5) is 16.5. The van der Waals surface area contributed by atoms with Crippen molar-refractivity contribution < 1.29 is 23.4 Å². The number of carbonyl (C=O) groups is 1. The largest absolute Gasteiger partial charge is 0.493 e. The summed E-state index contributed by atoms with van der Waals surface area (Å²) in [5.74, 6) is 1.25. The van der Waals surface area contributed by atoms with E-state index < -0.39 is 11.8 Å². The summed E-state index contributed by atoms with van der Waals surface area (Å²) in [5.41, 5.74) is 3.46. The van der Waals surface area contributed by atoms with Crippen LogP contribution in [0.4, 0.5) is 14.9 Å². The van der Waals surface area contributed by atoms with Crippen LogP contribution in [0.15, 0.2) is 42.6 Å². The highest BCUT2D eigenvalue weighted by atomic mass is 19.1. The predicted molar refractivity (Wildman–Crippen MR) is 119 cm³/mol. The maximum Gasteiger partial charge on any atom is 0.333 e. The Morgan fingerprint density at radius 1 is 1.00 bits per heavy atom. The molecule has 0 saturated carbocycles. The van der Waals surface area contributed by atoms with Gasteiger partial charge in [0.05, 0.1) is 25.4 Å². The quantitative estimate of drug-likeness (QED) is 0.578. The van der Waals surface area contributed by atoms with E-state index in [1.165, 1.54) is 12.1 Å². The molecule has 0 atom stereocenters. The number of rotatable bonds is 6. The molecular weight excluding hydrogens is 415 g/mol. The third-order valence-corrected chi connectivity index (χ3v) is 5.24. The number of ether oxygens (including phenoxy) is 3. The lowest BCUT2D eigenvalue weighted by Crippen LogP contribution is -2.46. The molecule has 1 aliphatic heterocycles. The fourth-order valence-electron chi connectivity index (χ4n) is 3.62. The molecular formula is C23H25FN4O4. The van der Waals surface area contributed by atoms with Crippen molar-refractivity contribution in [3.05, 3.63) is 48.4 Å². The molecule has 2 heterocycles. The first-order valence-electron chi connectivity index (χ1n) is 10.4. The van der Waals surface area contributed by atoms with E-state index in [1.54, 1.807) is 44.7 Å². The molecule has 0 aliphatic carbocycles. The van der Waals surface area contributed by atoms with Crippen LogP contribution in [0.25, 0.3) is 10.9 Å². The van der Waals surface area contributed by atoms with E-state index in [1.807, 2.05) is 5.01 Å². The third kappa shape index (κ3) is 4.83. The van der Waals surface area contributed by atoms with E-state index in [2.05, 4.69) is 15.7 Å². The molecule has 2 amide bonds. The second kappa shape index (κ2) is 9.69. The van der Waals surface area contributed by atoms with Crippen molar-refractivity contribution in [2.45, 2.75) is 19.3 Å². The summed E-state index contributed by atoms with van der Waals surface area (Å²) in [5, 5.41) is 5.07. The topological polar surface area (TPSA) is 85.0 Å². The van der Waals surface area contributed by atoms with E-state index in [0.717, 1.165) is 32.4 Å². The molecule has 0 radical (unpaired) electrons. The van der Waals surface area contributed by atoms with Gasteiger partial charge < -0.3 is 19.5 Å². The first-order chi connectivity index (χ1) is 15.6. The second-order valence-electron chi connectivity index (χ2n) is 7.39. The zero-order chi connectivity index (χ0) is 22.5. The van der Waals surface area contributed by atoms with Crippen LogP contribution < -0.4 is 25.0 Å². The number of carbonyl (C=O) groups excluding carboxylic acids is 1. The number of aromatic nitrogens is 1. The molecule has 0 unspecified atom stereocenters. The number of piperidine rings is 1. The Kier molecular flexibility index (Phi) is 6.55. The van der Waals surface area contributed by atoms with Gasteiger partial charge in [-0.1, -0.05) is 6.42 Å². The van der Waals surface area contributed by atoms with Crippen LogP contribution in [0.2, 0.25) is 0 Å². The number of fused-ring (bicyclic) bond motifs is 1. The van der Waals surface area contributed by atoms with Gasteiger partial charge in [0.25, 0.3) is 0 Å². The second-order valence-corrected chi connectivity index (χ2v) is 7.39. The molecule has 9 heteroatoms. The van der Waals surface area contributed by atoms with Gasteiger partial charge >= 0.3 is 6.03 Å². The number of anilines is 1. The van der Waals surface area contributed by atoms with E-state index in [0.29, 0.717) is 28.2 Å². The molecule has 2 aromatic carbocycles. The van der Waals surface area contributed by atoms with Crippen molar-refractivity contribution in [3.8, 4) is 23.0 Å². The maximum absolute atomic E-state index is 14.6. The number of hydrogen-bond acceptors (Lipinski definition) is 6. The van der Waals surface area contributed by atoms with Gasteiger partial charge in [-0.15, -0.1) is 0 Å². The number of amides is 2. The lowest BCUT2D eigenvalue weighted by molar-refractivity contribution is 0.162.